The van der Waals surface area contributed by atoms with Crippen LogP contribution >= 0.6 is 0 Å². The lowest BCUT2D eigenvalue weighted by atomic mass is 10.00. The smallest absolute Gasteiger partial charge is 0.245 e. The maximum atomic E-state index is 12.5. The van der Waals surface area contributed by atoms with Gasteiger partial charge in [0.05, 0.1) is 10.6 Å². The third-order valence-corrected chi connectivity index (χ3v) is 5.39. The number of primary sulfonamides is 1. The highest BCUT2D eigenvalue weighted by Gasteiger charge is 2.17. The van der Waals surface area contributed by atoms with Crippen LogP contribution in [-0.2, 0) is 14.8 Å². The van der Waals surface area contributed by atoms with Gasteiger partial charge in [0.1, 0.15) is 6.04 Å². The van der Waals surface area contributed by atoms with Crippen molar-refractivity contribution in [1.29, 1.82) is 5.41 Å². The molecule has 0 bridgehead atoms. The van der Waals surface area contributed by atoms with Crippen LogP contribution in [0.5, 0.6) is 0 Å². The number of carbonyl (C=O) groups excluding carboxylic acids is 1. The van der Waals surface area contributed by atoms with Gasteiger partial charge in [0.15, 0.2) is 0 Å². The molecular weight excluding hydrogens is 402 g/mol. The molecule has 8 N–H and O–H groups in total. The zero-order valence-corrected chi connectivity index (χ0v) is 16.7. The molecule has 0 heterocycles. The van der Waals surface area contributed by atoms with E-state index in [1.807, 2.05) is 6.07 Å². The number of nitrogens with one attached hydrogen (secondary N) is 2. The highest BCUT2D eigenvalue weighted by Crippen LogP contribution is 2.23. The molecule has 154 valence electrons. The van der Waals surface area contributed by atoms with Gasteiger partial charge in [0, 0.05) is 22.5 Å². The van der Waals surface area contributed by atoms with Crippen LogP contribution in [0.25, 0.3) is 0 Å². The van der Waals surface area contributed by atoms with E-state index in [2.05, 4.69) is 5.32 Å². The molecule has 30 heavy (non-hydrogen) atoms. The van der Waals surface area contributed by atoms with Crippen molar-refractivity contribution in [2.75, 3.05) is 11.1 Å². The molecular formula is C21H21N5O3S. The number of nitrogens with two attached hydrogens (primary N) is 3. The Kier molecular flexibility index (Phi) is 5.97. The summed E-state index contributed by atoms with van der Waals surface area (Å²) in [5, 5.41) is 16.3. The van der Waals surface area contributed by atoms with E-state index >= 15 is 0 Å². The number of hydrogen-bond donors (Lipinski definition) is 5. The summed E-state index contributed by atoms with van der Waals surface area (Å²) in [6, 6.07) is 18.5. The van der Waals surface area contributed by atoms with Crippen LogP contribution in [0.3, 0.4) is 0 Å². The summed E-state index contributed by atoms with van der Waals surface area (Å²) in [6.07, 6.45) is 0. The monoisotopic (exact) mass is 423 g/mol. The first-order valence-electron chi connectivity index (χ1n) is 8.90. The first-order valence-corrected chi connectivity index (χ1v) is 10.4. The van der Waals surface area contributed by atoms with Gasteiger partial charge < -0.3 is 16.8 Å². The van der Waals surface area contributed by atoms with Crippen LogP contribution in [-0.4, -0.2) is 20.0 Å². The lowest BCUT2D eigenvalue weighted by molar-refractivity contribution is -0.117. The van der Waals surface area contributed by atoms with Crippen molar-refractivity contribution >= 4 is 33.0 Å². The third kappa shape index (κ3) is 4.71. The Morgan fingerprint density at radius 2 is 1.67 bits per heavy atom. The Bertz CT molecular complexity index is 1210. The summed E-state index contributed by atoms with van der Waals surface area (Å²) in [7, 11) is -3.91. The molecule has 0 aliphatic rings. The normalized spacial score (nSPS) is 12.2. The van der Waals surface area contributed by atoms with Crippen molar-refractivity contribution in [2.24, 2.45) is 10.9 Å². The number of sulfonamides is 1. The van der Waals surface area contributed by atoms with E-state index < -0.39 is 22.0 Å². The van der Waals surface area contributed by atoms with Gasteiger partial charge in [-0.3, -0.25) is 10.2 Å². The summed E-state index contributed by atoms with van der Waals surface area (Å²) in [4.78, 5) is 12.4. The van der Waals surface area contributed by atoms with Crippen molar-refractivity contribution in [3.8, 4) is 0 Å². The van der Waals surface area contributed by atoms with Gasteiger partial charge in [-0.25, -0.2) is 13.6 Å². The number of carbonyl (C=O) groups is 1. The maximum Gasteiger partial charge on any atom is 0.245 e. The molecule has 0 radical (unpaired) electrons. The number of nitrogen functional groups attached to an aromatic ring is 1. The minimum absolute atomic E-state index is 0.0125. The Hall–Kier alpha value is -3.53. The van der Waals surface area contributed by atoms with Crippen LogP contribution in [0.4, 0.5) is 11.4 Å². The first kappa shape index (κ1) is 21.2. The summed E-state index contributed by atoms with van der Waals surface area (Å²) in [5.41, 5.74) is 14.0. The molecule has 3 rings (SSSR count). The average molecular weight is 423 g/mol. The Morgan fingerprint density at radius 1 is 0.967 bits per heavy atom. The Labute approximate surface area is 174 Å². The molecule has 0 spiro atoms. The van der Waals surface area contributed by atoms with E-state index in [1.54, 1.807) is 42.5 Å². The van der Waals surface area contributed by atoms with Crippen molar-refractivity contribution in [1.82, 2.24) is 0 Å². The molecule has 0 aliphatic heterocycles. The van der Waals surface area contributed by atoms with E-state index in [1.165, 1.54) is 24.3 Å². The highest BCUT2D eigenvalue weighted by molar-refractivity contribution is 7.89. The van der Waals surface area contributed by atoms with Gasteiger partial charge in [-0.05, 0) is 35.9 Å². The topological polar surface area (TPSA) is 165 Å². The molecule has 0 saturated heterocycles. The standard InChI is InChI=1S/C21H21N5O3S/c22-18-10-9-15(26-21(27)20(24)13-5-2-1-3-6-13)12-17(18)19(23)14-7-4-8-16(11-14)30(25,28)29/h1-12,20,23H,22,24H2,(H,26,27)(H2,25,28,29). The Balaban J connectivity index is 1.87. The molecule has 0 aromatic heterocycles. The zero-order chi connectivity index (χ0) is 21.9. The maximum absolute atomic E-state index is 12.5. The predicted molar refractivity (Wildman–Crippen MR) is 117 cm³/mol. The third-order valence-electron chi connectivity index (χ3n) is 4.48. The molecule has 1 atom stereocenters. The van der Waals surface area contributed by atoms with Gasteiger partial charge >= 0.3 is 0 Å². The predicted octanol–water partition coefficient (Wildman–Crippen LogP) is 1.97. The fourth-order valence-electron chi connectivity index (χ4n) is 2.87. The lowest BCUT2D eigenvalue weighted by Gasteiger charge is -2.15. The van der Waals surface area contributed by atoms with Crippen LogP contribution in [0.1, 0.15) is 22.7 Å². The van der Waals surface area contributed by atoms with E-state index in [-0.39, 0.29) is 10.6 Å². The number of anilines is 2. The SMILES string of the molecule is N=C(c1cccc(S(N)(=O)=O)c1)c1cc(NC(=O)C(N)c2ccccc2)ccc1N. The van der Waals surface area contributed by atoms with Crippen LogP contribution in [0.15, 0.2) is 77.7 Å². The number of rotatable bonds is 6. The number of hydrogen-bond acceptors (Lipinski definition) is 6. The highest BCUT2D eigenvalue weighted by atomic mass is 32.2. The minimum atomic E-state index is -3.91. The molecule has 1 unspecified atom stereocenters. The minimum Gasteiger partial charge on any atom is -0.398 e. The summed E-state index contributed by atoms with van der Waals surface area (Å²) >= 11 is 0. The number of benzene rings is 3. The van der Waals surface area contributed by atoms with E-state index in [4.69, 9.17) is 22.0 Å². The second-order valence-corrected chi connectivity index (χ2v) is 8.19. The van der Waals surface area contributed by atoms with Crippen molar-refractivity contribution in [3.05, 3.63) is 89.5 Å². The molecule has 3 aromatic carbocycles. The van der Waals surface area contributed by atoms with Crippen molar-refractivity contribution < 1.29 is 13.2 Å². The molecule has 0 aliphatic carbocycles. The fourth-order valence-corrected chi connectivity index (χ4v) is 3.43. The summed E-state index contributed by atoms with van der Waals surface area (Å²) in [6.45, 7) is 0. The van der Waals surface area contributed by atoms with Gasteiger partial charge in [-0.1, -0.05) is 42.5 Å². The molecule has 9 heteroatoms. The van der Waals surface area contributed by atoms with E-state index in [0.29, 0.717) is 28.1 Å². The first-order chi connectivity index (χ1) is 14.2. The summed E-state index contributed by atoms with van der Waals surface area (Å²) < 4.78 is 23.2. The Morgan fingerprint density at radius 3 is 2.33 bits per heavy atom. The van der Waals surface area contributed by atoms with E-state index in [9.17, 15) is 13.2 Å². The van der Waals surface area contributed by atoms with Gasteiger partial charge in [-0.15, -0.1) is 0 Å². The van der Waals surface area contributed by atoms with Crippen molar-refractivity contribution in [3.63, 3.8) is 0 Å². The molecule has 0 saturated carbocycles. The van der Waals surface area contributed by atoms with Crippen LogP contribution < -0.4 is 21.9 Å². The van der Waals surface area contributed by atoms with Gasteiger partial charge in [0.2, 0.25) is 15.9 Å². The van der Waals surface area contributed by atoms with E-state index in [0.717, 1.165) is 0 Å². The number of amides is 1. The second-order valence-electron chi connectivity index (χ2n) is 6.63. The van der Waals surface area contributed by atoms with Crippen LogP contribution in [0.2, 0.25) is 0 Å². The summed E-state index contributed by atoms with van der Waals surface area (Å²) in [5.74, 6) is -0.417. The largest absolute Gasteiger partial charge is 0.398 e. The van der Waals surface area contributed by atoms with Gasteiger partial charge in [0.25, 0.3) is 0 Å². The van der Waals surface area contributed by atoms with Crippen molar-refractivity contribution in [2.45, 2.75) is 10.9 Å². The zero-order valence-electron chi connectivity index (χ0n) is 15.9. The molecule has 3 aromatic rings. The quantitative estimate of drug-likeness (QED) is 0.301. The van der Waals surface area contributed by atoms with Gasteiger partial charge in [-0.2, -0.15) is 0 Å². The van der Waals surface area contributed by atoms with Crippen LogP contribution in [0, 0.1) is 5.41 Å². The molecule has 8 nitrogen and oxygen atoms in total. The fraction of sp³-hybridized carbons (Fsp3) is 0.0476. The molecule has 0 fully saturated rings. The second kappa shape index (κ2) is 8.46. The molecule has 1 amide bonds. The average Bonchev–Trinajstić information content (AvgIpc) is 2.74. The lowest BCUT2D eigenvalue weighted by Crippen LogP contribution is -2.27.